The Morgan fingerprint density at radius 2 is 1.89 bits per heavy atom. The van der Waals surface area contributed by atoms with Crippen LogP contribution < -0.4 is 5.32 Å². The van der Waals surface area contributed by atoms with Crippen molar-refractivity contribution in [3.8, 4) is 0 Å². The van der Waals surface area contributed by atoms with Crippen molar-refractivity contribution in [3.05, 3.63) is 56.4 Å². The fourth-order valence-corrected chi connectivity index (χ4v) is 4.07. The Hall–Kier alpha value is -0.710. The zero-order chi connectivity index (χ0) is 12.6. The van der Waals surface area contributed by atoms with Gasteiger partial charge < -0.3 is 5.32 Å². The largest absolute Gasteiger partial charge is 0.315 e. The number of halogens is 2. The maximum Gasteiger partial charge on any atom is 0.123 e. The standard InChI is InChI=1S/C14H13BrFNS/c15-13-6-5-12(18-13)7-14(8-17-9-14)10-1-3-11(16)4-2-10/h1-6,17H,7-9H2. The van der Waals surface area contributed by atoms with Crippen LogP contribution in [0.4, 0.5) is 4.39 Å². The molecule has 18 heavy (non-hydrogen) atoms. The van der Waals surface area contributed by atoms with E-state index < -0.39 is 0 Å². The van der Waals surface area contributed by atoms with Gasteiger partial charge in [-0.1, -0.05) is 12.1 Å². The summed E-state index contributed by atoms with van der Waals surface area (Å²) in [7, 11) is 0. The van der Waals surface area contributed by atoms with Crippen molar-refractivity contribution < 1.29 is 4.39 Å². The zero-order valence-electron chi connectivity index (χ0n) is 9.75. The Kier molecular flexibility index (Phi) is 3.26. The molecular formula is C14H13BrFNS. The van der Waals surface area contributed by atoms with E-state index in [1.807, 2.05) is 12.1 Å². The Morgan fingerprint density at radius 1 is 1.17 bits per heavy atom. The van der Waals surface area contributed by atoms with Gasteiger partial charge in [-0.05, 0) is 52.2 Å². The molecule has 0 saturated carbocycles. The van der Waals surface area contributed by atoms with Crippen LogP contribution in [0.2, 0.25) is 0 Å². The molecule has 1 nitrogen and oxygen atoms in total. The minimum absolute atomic E-state index is 0.137. The van der Waals surface area contributed by atoms with E-state index in [9.17, 15) is 4.39 Å². The fraction of sp³-hybridized carbons (Fsp3) is 0.286. The summed E-state index contributed by atoms with van der Waals surface area (Å²) < 4.78 is 14.2. The van der Waals surface area contributed by atoms with E-state index in [-0.39, 0.29) is 11.2 Å². The first kappa shape index (κ1) is 12.3. The second-order valence-corrected chi connectivity index (χ2v) is 7.32. The van der Waals surface area contributed by atoms with Crippen molar-refractivity contribution in [2.45, 2.75) is 11.8 Å². The van der Waals surface area contributed by atoms with Gasteiger partial charge in [0.05, 0.1) is 3.79 Å². The molecule has 2 aromatic rings. The van der Waals surface area contributed by atoms with E-state index in [1.54, 1.807) is 23.5 Å². The summed E-state index contributed by atoms with van der Waals surface area (Å²) in [6, 6.07) is 11.2. The number of hydrogen-bond donors (Lipinski definition) is 1. The molecule has 3 rings (SSSR count). The fourth-order valence-electron chi connectivity index (χ4n) is 2.44. The van der Waals surface area contributed by atoms with Crippen LogP contribution in [0.5, 0.6) is 0 Å². The summed E-state index contributed by atoms with van der Waals surface area (Å²) in [4.78, 5) is 1.37. The van der Waals surface area contributed by atoms with Crippen LogP contribution in [0.1, 0.15) is 10.4 Å². The lowest BCUT2D eigenvalue weighted by atomic mass is 9.72. The first-order chi connectivity index (χ1) is 8.68. The molecule has 1 N–H and O–H groups in total. The average molecular weight is 326 g/mol. The van der Waals surface area contributed by atoms with Gasteiger partial charge in [-0.15, -0.1) is 11.3 Å². The Morgan fingerprint density at radius 3 is 2.39 bits per heavy atom. The van der Waals surface area contributed by atoms with Gasteiger partial charge in [0.1, 0.15) is 5.82 Å². The van der Waals surface area contributed by atoms with E-state index in [0.29, 0.717) is 0 Å². The Labute approximate surface area is 118 Å². The molecule has 94 valence electrons. The summed E-state index contributed by atoms with van der Waals surface area (Å²) in [5, 5.41) is 3.34. The summed E-state index contributed by atoms with van der Waals surface area (Å²) >= 11 is 5.28. The number of benzene rings is 1. The molecule has 0 unspecified atom stereocenters. The topological polar surface area (TPSA) is 12.0 Å². The Bertz CT molecular complexity index is 545. The van der Waals surface area contributed by atoms with E-state index in [4.69, 9.17) is 0 Å². The van der Waals surface area contributed by atoms with Crippen molar-refractivity contribution in [2.75, 3.05) is 13.1 Å². The number of hydrogen-bond acceptors (Lipinski definition) is 2. The highest BCUT2D eigenvalue weighted by atomic mass is 79.9. The molecule has 1 aliphatic heterocycles. The summed E-state index contributed by atoms with van der Waals surface area (Å²) in [6.45, 7) is 1.93. The normalized spacial score (nSPS) is 17.4. The van der Waals surface area contributed by atoms with Crippen molar-refractivity contribution >= 4 is 27.3 Å². The Balaban J connectivity index is 1.88. The molecule has 4 heteroatoms. The second kappa shape index (κ2) is 4.76. The van der Waals surface area contributed by atoms with Gasteiger partial charge in [0.2, 0.25) is 0 Å². The van der Waals surface area contributed by atoms with E-state index in [0.717, 1.165) is 19.5 Å². The SMILES string of the molecule is Fc1ccc(C2(Cc3ccc(Br)s3)CNC2)cc1. The molecule has 0 aliphatic carbocycles. The van der Waals surface area contributed by atoms with Crippen LogP contribution in [-0.4, -0.2) is 13.1 Å². The highest BCUT2D eigenvalue weighted by molar-refractivity contribution is 9.11. The maximum atomic E-state index is 13.0. The van der Waals surface area contributed by atoms with Gasteiger partial charge >= 0.3 is 0 Å². The third-order valence-corrected chi connectivity index (χ3v) is 5.15. The average Bonchev–Trinajstić information content (AvgIpc) is 2.71. The molecule has 1 saturated heterocycles. The lowest BCUT2D eigenvalue weighted by Gasteiger charge is -2.43. The second-order valence-electron chi connectivity index (χ2n) is 4.77. The van der Waals surface area contributed by atoms with Crippen molar-refractivity contribution in [3.63, 3.8) is 0 Å². The van der Waals surface area contributed by atoms with Gasteiger partial charge in [0.15, 0.2) is 0 Å². The number of rotatable bonds is 3. The highest BCUT2D eigenvalue weighted by Crippen LogP contribution is 2.35. The molecule has 0 spiro atoms. The third kappa shape index (κ3) is 2.25. The van der Waals surface area contributed by atoms with Crippen LogP contribution in [0.25, 0.3) is 0 Å². The predicted octanol–water partition coefficient (Wildman–Crippen LogP) is 3.73. The van der Waals surface area contributed by atoms with Gasteiger partial charge in [0, 0.05) is 23.4 Å². The van der Waals surface area contributed by atoms with Crippen LogP contribution in [0, 0.1) is 5.82 Å². The minimum atomic E-state index is -0.167. The highest BCUT2D eigenvalue weighted by Gasteiger charge is 2.38. The van der Waals surface area contributed by atoms with E-state index in [1.165, 1.54) is 14.2 Å². The molecule has 1 aromatic heterocycles. The molecule has 0 radical (unpaired) electrons. The first-order valence-corrected chi connectivity index (χ1v) is 7.50. The molecular weight excluding hydrogens is 313 g/mol. The van der Waals surface area contributed by atoms with Crippen LogP contribution in [0.15, 0.2) is 40.2 Å². The maximum absolute atomic E-state index is 13.0. The van der Waals surface area contributed by atoms with Crippen LogP contribution in [-0.2, 0) is 11.8 Å². The van der Waals surface area contributed by atoms with E-state index >= 15 is 0 Å². The van der Waals surface area contributed by atoms with Crippen molar-refractivity contribution in [2.24, 2.45) is 0 Å². The lowest BCUT2D eigenvalue weighted by molar-refractivity contribution is 0.276. The smallest absolute Gasteiger partial charge is 0.123 e. The quantitative estimate of drug-likeness (QED) is 0.906. The molecule has 0 bridgehead atoms. The number of thiophene rings is 1. The van der Waals surface area contributed by atoms with Crippen molar-refractivity contribution in [1.82, 2.24) is 5.32 Å². The molecule has 1 aromatic carbocycles. The van der Waals surface area contributed by atoms with Crippen molar-refractivity contribution in [1.29, 1.82) is 0 Å². The predicted molar refractivity (Wildman–Crippen MR) is 76.7 cm³/mol. The minimum Gasteiger partial charge on any atom is -0.315 e. The van der Waals surface area contributed by atoms with Gasteiger partial charge in [-0.2, -0.15) is 0 Å². The number of nitrogens with one attached hydrogen (secondary N) is 1. The molecule has 0 amide bonds. The zero-order valence-corrected chi connectivity index (χ0v) is 12.2. The molecule has 0 atom stereocenters. The molecule has 1 fully saturated rings. The summed E-state index contributed by atoms with van der Waals surface area (Å²) in [5.41, 5.74) is 1.37. The lowest BCUT2D eigenvalue weighted by Crippen LogP contribution is -2.58. The summed E-state index contributed by atoms with van der Waals surface area (Å²) in [6.07, 6.45) is 1.02. The first-order valence-electron chi connectivity index (χ1n) is 5.89. The van der Waals surface area contributed by atoms with Gasteiger partial charge in [0.25, 0.3) is 0 Å². The molecule has 2 heterocycles. The monoisotopic (exact) mass is 325 g/mol. The van der Waals surface area contributed by atoms with E-state index in [2.05, 4.69) is 33.4 Å². The van der Waals surface area contributed by atoms with Gasteiger partial charge in [-0.25, -0.2) is 4.39 Å². The van der Waals surface area contributed by atoms with Gasteiger partial charge in [-0.3, -0.25) is 0 Å². The molecule has 1 aliphatic rings. The summed E-state index contributed by atoms with van der Waals surface area (Å²) in [5.74, 6) is -0.167. The van der Waals surface area contributed by atoms with Crippen LogP contribution >= 0.6 is 27.3 Å². The third-order valence-electron chi connectivity index (χ3n) is 3.52. The van der Waals surface area contributed by atoms with Crippen LogP contribution in [0.3, 0.4) is 0 Å².